The SMILES string of the molecule is CC(C)(C)c1ccc(N2C3=C(CCC=C3)N3Cc4ccc5c6c(sc5c4C32)CCC=C6c2ccc(F)cc2)cc1. The topological polar surface area (TPSA) is 6.48 Å². The Morgan fingerprint density at radius 1 is 0.900 bits per heavy atom. The molecule has 1 aromatic heterocycles. The summed E-state index contributed by atoms with van der Waals surface area (Å²) in [7, 11) is 0. The second kappa shape index (κ2) is 8.68. The van der Waals surface area contributed by atoms with Gasteiger partial charge in [-0.1, -0.05) is 69.3 Å². The van der Waals surface area contributed by atoms with Gasteiger partial charge in [-0.2, -0.15) is 0 Å². The van der Waals surface area contributed by atoms with Gasteiger partial charge in [-0.3, -0.25) is 0 Å². The van der Waals surface area contributed by atoms with Gasteiger partial charge < -0.3 is 9.80 Å². The summed E-state index contributed by atoms with van der Waals surface area (Å²) in [6, 6.07) is 21.0. The Labute approximate surface area is 239 Å². The van der Waals surface area contributed by atoms with Crippen molar-refractivity contribution in [2.24, 2.45) is 0 Å². The first-order valence-electron chi connectivity index (χ1n) is 14.5. The molecule has 200 valence electrons. The highest BCUT2D eigenvalue weighted by molar-refractivity contribution is 7.19. The van der Waals surface area contributed by atoms with Crippen LogP contribution in [-0.4, -0.2) is 4.90 Å². The standard InChI is InChI=1S/C36H33FN2S/c1-36(2,3)24-14-18-26(19-15-24)39-30-9-5-4-8-29(30)38-21-23-13-20-28-33-27(22-11-16-25(37)17-12-22)7-6-10-31(33)40-34(28)32(23)35(38)39/h5,7,9,11-20,35H,4,6,8,10,21H2,1-3H3. The van der Waals surface area contributed by atoms with E-state index in [0.29, 0.717) is 0 Å². The molecule has 8 rings (SSSR count). The highest BCUT2D eigenvalue weighted by Crippen LogP contribution is 2.55. The lowest BCUT2D eigenvalue weighted by atomic mass is 9.87. The Kier molecular flexibility index (Phi) is 5.25. The summed E-state index contributed by atoms with van der Waals surface area (Å²) in [4.78, 5) is 6.72. The molecule has 0 radical (unpaired) electrons. The molecule has 4 aromatic rings. The number of nitrogens with zero attached hydrogens (tertiary/aromatic N) is 2. The van der Waals surface area contributed by atoms with Crippen LogP contribution < -0.4 is 4.90 Å². The van der Waals surface area contributed by atoms with Gasteiger partial charge in [0.05, 0.1) is 5.70 Å². The summed E-state index contributed by atoms with van der Waals surface area (Å²) in [5.74, 6) is -0.184. The molecule has 0 N–H and O–H groups in total. The van der Waals surface area contributed by atoms with E-state index in [1.54, 1.807) is 12.1 Å². The minimum Gasteiger partial charge on any atom is -0.344 e. The van der Waals surface area contributed by atoms with Crippen LogP contribution >= 0.6 is 11.3 Å². The number of hydrogen-bond donors (Lipinski definition) is 0. The molecule has 3 heterocycles. The van der Waals surface area contributed by atoms with Crippen LogP contribution in [0.5, 0.6) is 0 Å². The summed E-state index contributed by atoms with van der Waals surface area (Å²) >= 11 is 1.99. The zero-order chi connectivity index (χ0) is 27.2. The number of benzene rings is 3. The molecular weight excluding hydrogens is 511 g/mol. The van der Waals surface area contributed by atoms with Gasteiger partial charge in [-0.05, 0) is 83.7 Å². The molecule has 3 aromatic carbocycles. The molecular formula is C36H33FN2S. The third-order valence-electron chi connectivity index (χ3n) is 9.08. The van der Waals surface area contributed by atoms with E-state index >= 15 is 0 Å². The average molecular weight is 545 g/mol. The second-order valence-corrected chi connectivity index (χ2v) is 13.6. The van der Waals surface area contributed by atoms with Crippen molar-refractivity contribution in [3.05, 3.63) is 129 Å². The number of hydrogen-bond acceptors (Lipinski definition) is 3. The molecule has 0 bridgehead atoms. The van der Waals surface area contributed by atoms with Crippen LogP contribution in [0.4, 0.5) is 10.1 Å². The van der Waals surface area contributed by atoms with Crippen LogP contribution in [0.2, 0.25) is 0 Å². The number of fused-ring (bicyclic) bond motifs is 8. The molecule has 4 heteroatoms. The quantitative estimate of drug-likeness (QED) is 0.248. The van der Waals surface area contributed by atoms with E-state index in [2.05, 4.69) is 85.2 Å². The van der Waals surface area contributed by atoms with Crippen LogP contribution in [-0.2, 0) is 18.4 Å². The van der Waals surface area contributed by atoms with Gasteiger partial charge >= 0.3 is 0 Å². The van der Waals surface area contributed by atoms with E-state index in [4.69, 9.17) is 0 Å². The van der Waals surface area contributed by atoms with E-state index in [0.717, 1.165) is 37.8 Å². The number of aryl methyl sites for hydroxylation is 1. The van der Waals surface area contributed by atoms with E-state index in [-0.39, 0.29) is 17.4 Å². The molecule has 0 spiro atoms. The Balaban J connectivity index is 1.29. The van der Waals surface area contributed by atoms with Crippen LogP contribution in [0.3, 0.4) is 0 Å². The lowest BCUT2D eigenvalue weighted by Gasteiger charge is -2.31. The molecule has 4 aliphatic rings. The fraction of sp³-hybridized carbons (Fsp3) is 0.278. The highest BCUT2D eigenvalue weighted by Gasteiger charge is 2.45. The average Bonchev–Trinajstić information content (AvgIpc) is 3.61. The maximum absolute atomic E-state index is 13.8. The van der Waals surface area contributed by atoms with E-state index in [9.17, 15) is 4.39 Å². The normalized spacial score (nSPS) is 19.6. The van der Waals surface area contributed by atoms with E-state index in [1.807, 2.05) is 23.5 Å². The van der Waals surface area contributed by atoms with Crippen molar-refractivity contribution in [1.82, 2.24) is 4.90 Å². The minimum absolute atomic E-state index is 0.128. The first kappa shape index (κ1) is 24.2. The summed E-state index contributed by atoms with van der Waals surface area (Å²) in [5, 5.41) is 1.35. The van der Waals surface area contributed by atoms with Gasteiger partial charge in [-0.25, -0.2) is 4.39 Å². The molecule has 2 nitrogen and oxygen atoms in total. The summed E-state index contributed by atoms with van der Waals surface area (Å²) < 4.78 is 15.2. The van der Waals surface area contributed by atoms with Crippen molar-refractivity contribution < 1.29 is 4.39 Å². The maximum atomic E-state index is 13.8. The summed E-state index contributed by atoms with van der Waals surface area (Å²) in [6.07, 6.45) is 11.5. The van der Waals surface area contributed by atoms with Gasteiger partial charge in [0, 0.05) is 44.0 Å². The summed E-state index contributed by atoms with van der Waals surface area (Å²) in [5.41, 5.74) is 12.2. The molecule has 0 amide bonds. The van der Waals surface area contributed by atoms with Crippen molar-refractivity contribution in [3.63, 3.8) is 0 Å². The van der Waals surface area contributed by atoms with E-state index in [1.165, 1.54) is 59.9 Å². The number of thiophene rings is 1. The predicted molar refractivity (Wildman–Crippen MR) is 165 cm³/mol. The molecule has 1 unspecified atom stereocenters. The third kappa shape index (κ3) is 3.51. The molecule has 2 aliphatic heterocycles. The zero-order valence-corrected chi connectivity index (χ0v) is 24.1. The molecule has 2 aliphatic carbocycles. The minimum atomic E-state index is -0.184. The first-order chi connectivity index (χ1) is 19.4. The van der Waals surface area contributed by atoms with Gasteiger partial charge in [-0.15, -0.1) is 11.3 Å². The van der Waals surface area contributed by atoms with E-state index < -0.39 is 0 Å². The van der Waals surface area contributed by atoms with Crippen LogP contribution in [0, 0.1) is 5.82 Å². The second-order valence-electron chi connectivity index (χ2n) is 12.5. The highest BCUT2D eigenvalue weighted by atomic mass is 32.1. The largest absolute Gasteiger partial charge is 0.344 e. The lowest BCUT2D eigenvalue weighted by Crippen LogP contribution is -2.28. The van der Waals surface area contributed by atoms with Gasteiger partial charge in [0.25, 0.3) is 0 Å². The fourth-order valence-electron chi connectivity index (χ4n) is 7.13. The van der Waals surface area contributed by atoms with Crippen molar-refractivity contribution in [2.75, 3.05) is 4.90 Å². The number of halogens is 1. The Hall–Kier alpha value is -3.63. The summed E-state index contributed by atoms with van der Waals surface area (Å²) in [6.45, 7) is 7.80. The smallest absolute Gasteiger partial charge is 0.134 e. The Morgan fingerprint density at radius 3 is 2.48 bits per heavy atom. The molecule has 0 fully saturated rings. The lowest BCUT2D eigenvalue weighted by molar-refractivity contribution is 0.300. The molecule has 0 saturated carbocycles. The van der Waals surface area contributed by atoms with Crippen molar-refractivity contribution in [1.29, 1.82) is 0 Å². The third-order valence-corrected chi connectivity index (χ3v) is 10.4. The van der Waals surface area contributed by atoms with Gasteiger partial charge in [0.2, 0.25) is 0 Å². The Morgan fingerprint density at radius 2 is 1.70 bits per heavy atom. The fourth-order valence-corrected chi connectivity index (χ4v) is 8.54. The molecule has 0 saturated heterocycles. The van der Waals surface area contributed by atoms with Gasteiger partial charge in [0.15, 0.2) is 0 Å². The number of anilines is 1. The van der Waals surface area contributed by atoms with Crippen molar-refractivity contribution in [3.8, 4) is 0 Å². The molecule has 40 heavy (non-hydrogen) atoms. The maximum Gasteiger partial charge on any atom is 0.134 e. The Bertz CT molecular complexity index is 1760. The van der Waals surface area contributed by atoms with Crippen molar-refractivity contribution in [2.45, 2.75) is 64.6 Å². The zero-order valence-electron chi connectivity index (χ0n) is 23.3. The first-order valence-corrected chi connectivity index (χ1v) is 15.3. The monoisotopic (exact) mass is 544 g/mol. The van der Waals surface area contributed by atoms with Gasteiger partial charge in [0.1, 0.15) is 12.0 Å². The number of allylic oxidation sites excluding steroid dienone is 4. The van der Waals surface area contributed by atoms with Crippen LogP contribution in [0.15, 0.2) is 90.3 Å². The van der Waals surface area contributed by atoms with Crippen LogP contribution in [0.25, 0.3) is 15.7 Å². The molecule has 1 atom stereocenters. The number of rotatable bonds is 2. The predicted octanol–water partition coefficient (Wildman–Crippen LogP) is 9.61. The van der Waals surface area contributed by atoms with Crippen LogP contribution in [0.1, 0.15) is 78.9 Å². The van der Waals surface area contributed by atoms with Crippen molar-refractivity contribution >= 4 is 32.7 Å².